The Hall–Kier alpha value is -7.32. The van der Waals surface area contributed by atoms with Crippen molar-refractivity contribution in [2.24, 2.45) is 10.2 Å². The van der Waals surface area contributed by atoms with Gasteiger partial charge in [0.1, 0.15) is 0 Å². The second-order valence-electron chi connectivity index (χ2n) is 12.8. The minimum Gasteiger partial charge on any atom is -0.444 e. The van der Waals surface area contributed by atoms with Crippen LogP contribution in [0.2, 0.25) is 0 Å². The number of benzene rings is 7. The molecule has 0 saturated carbocycles. The molecule has 0 aliphatic carbocycles. The quantitative estimate of drug-likeness (QED) is 0.141. The first-order chi connectivity index (χ1) is 26.8. The largest absolute Gasteiger partial charge is 0.444 e. The van der Waals surface area contributed by atoms with E-state index >= 15 is 0 Å². The van der Waals surface area contributed by atoms with Crippen LogP contribution >= 0.6 is 0 Å². The van der Waals surface area contributed by atoms with Gasteiger partial charge in [-0.15, -0.1) is 10.2 Å². The number of rotatable bonds is 10. The van der Waals surface area contributed by atoms with E-state index in [2.05, 4.69) is 82.8 Å². The summed E-state index contributed by atoms with van der Waals surface area (Å²) in [5.74, 6) is 0.959. The number of para-hydroxylation sites is 4. The molecular formula is C46H36N6O2. The smallest absolute Gasteiger partial charge is 0.242 e. The maximum atomic E-state index is 6.79. The molecule has 54 heavy (non-hydrogen) atoms. The highest BCUT2D eigenvalue weighted by atomic mass is 16.5. The molecule has 0 N–H and O–H groups in total. The molecule has 0 saturated heterocycles. The van der Waals surface area contributed by atoms with Crippen molar-refractivity contribution >= 4 is 34.5 Å². The summed E-state index contributed by atoms with van der Waals surface area (Å²) < 4.78 is 13.6. The molecule has 0 radical (unpaired) electrons. The van der Waals surface area contributed by atoms with Crippen LogP contribution in [0, 0.1) is 0 Å². The predicted octanol–water partition coefficient (Wildman–Crippen LogP) is 10.6. The number of ether oxygens (including phenoxy) is 2. The lowest BCUT2D eigenvalue weighted by molar-refractivity contribution is 0.0561. The van der Waals surface area contributed by atoms with Crippen molar-refractivity contribution in [3.05, 3.63) is 229 Å². The predicted molar refractivity (Wildman–Crippen MR) is 214 cm³/mol. The number of hydrogen-bond acceptors (Lipinski definition) is 8. The lowest BCUT2D eigenvalue weighted by Gasteiger charge is -2.34. The van der Waals surface area contributed by atoms with E-state index in [1.165, 1.54) is 0 Å². The summed E-state index contributed by atoms with van der Waals surface area (Å²) in [6.45, 7) is 0. The standard InChI is InChI=1S/C46H36N6O2/c1-7-20-35(21-8-1)45-51(49(39-26-11-3-12-27-39)40-28-13-4-14-29-40)47-43(53-45)37-24-19-25-38(34-37)44-48-52(46(54-44)36-22-9-2-10-23-36)50(41-30-15-5-16-31-41)42-32-17-6-18-33-42/h1-34,45-46H. The summed E-state index contributed by atoms with van der Waals surface area (Å²) in [5, 5.41) is 18.4. The average molecular weight is 705 g/mol. The Bertz CT molecular complexity index is 2120. The van der Waals surface area contributed by atoms with Crippen LogP contribution in [0.4, 0.5) is 22.7 Å². The Labute approximate surface area is 314 Å². The number of nitrogens with zero attached hydrogens (tertiary/aromatic N) is 6. The molecule has 0 amide bonds. The van der Waals surface area contributed by atoms with Gasteiger partial charge < -0.3 is 9.47 Å². The van der Waals surface area contributed by atoms with E-state index in [9.17, 15) is 0 Å². The molecule has 8 heteroatoms. The fraction of sp³-hybridized carbons (Fsp3) is 0.0435. The van der Waals surface area contributed by atoms with Crippen molar-refractivity contribution in [1.29, 1.82) is 0 Å². The minimum absolute atomic E-state index is 0.479. The number of anilines is 4. The SMILES string of the molecule is c1ccc(C2OC(c3cccc(C4=NN(N(c5ccccc5)c5ccccc5)C(c5ccccc5)O4)c3)=NN2N(c2ccccc2)c2ccccc2)cc1. The van der Waals surface area contributed by atoms with Crippen molar-refractivity contribution in [1.82, 2.24) is 10.2 Å². The second kappa shape index (κ2) is 14.7. The molecule has 262 valence electrons. The average Bonchev–Trinajstić information content (AvgIpc) is 3.90. The Morgan fingerprint density at radius 1 is 0.352 bits per heavy atom. The van der Waals surface area contributed by atoms with Crippen molar-refractivity contribution in [3.63, 3.8) is 0 Å². The zero-order chi connectivity index (χ0) is 36.1. The molecule has 2 heterocycles. The van der Waals surface area contributed by atoms with Gasteiger partial charge in [-0.25, -0.2) is 10.0 Å². The van der Waals surface area contributed by atoms with Crippen LogP contribution < -0.4 is 10.0 Å². The molecule has 0 spiro atoms. The number of hydrazine groups is 2. The first-order valence-electron chi connectivity index (χ1n) is 17.9. The van der Waals surface area contributed by atoms with Gasteiger partial charge in [0.05, 0.1) is 22.7 Å². The molecule has 2 unspecified atom stereocenters. The van der Waals surface area contributed by atoms with Crippen LogP contribution in [0.1, 0.15) is 34.7 Å². The first-order valence-corrected chi connectivity index (χ1v) is 17.9. The van der Waals surface area contributed by atoms with E-state index in [0.717, 1.165) is 45.0 Å². The molecule has 7 aromatic carbocycles. The van der Waals surface area contributed by atoms with Crippen LogP contribution in [-0.4, -0.2) is 22.0 Å². The fourth-order valence-electron chi connectivity index (χ4n) is 6.67. The normalized spacial score (nSPS) is 16.2. The Balaban J connectivity index is 1.12. The van der Waals surface area contributed by atoms with Crippen molar-refractivity contribution < 1.29 is 9.47 Å². The zero-order valence-electron chi connectivity index (χ0n) is 29.3. The van der Waals surface area contributed by atoms with Gasteiger partial charge in [-0.3, -0.25) is 0 Å². The van der Waals surface area contributed by atoms with Gasteiger partial charge in [0.2, 0.25) is 24.3 Å². The molecule has 9 rings (SSSR count). The first kappa shape index (κ1) is 32.6. The molecule has 2 aliphatic rings. The summed E-state index contributed by atoms with van der Waals surface area (Å²) >= 11 is 0. The number of hydrogen-bond donors (Lipinski definition) is 0. The molecule has 0 bridgehead atoms. The van der Waals surface area contributed by atoms with Crippen molar-refractivity contribution in [2.45, 2.75) is 12.5 Å². The molecule has 2 aliphatic heterocycles. The van der Waals surface area contributed by atoms with E-state index in [-0.39, 0.29) is 0 Å². The highest BCUT2D eigenvalue weighted by Crippen LogP contribution is 2.40. The van der Waals surface area contributed by atoms with Crippen LogP contribution in [0.15, 0.2) is 216 Å². The minimum atomic E-state index is -0.534. The van der Waals surface area contributed by atoms with Crippen molar-refractivity contribution in [2.75, 3.05) is 10.0 Å². The van der Waals surface area contributed by atoms with Gasteiger partial charge in [-0.05, 0) is 66.7 Å². The Morgan fingerprint density at radius 3 is 0.963 bits per heavy atom. The van der Waals surface area contributed by atoms with E-state index in [0.29, 0.717) is 11.8 Å². The number of hydrazone groups is 2. The fourth-order valence-corrected chi connectivity index (χ4v) is 6.67. The van der Waals surface area contributed by atoms with Gasteiger partial charge in [0.25, 0.3) is 0 Å². The highest BCUT2D eigenvalue weighted by Gasteiger charge is 2.38. The topological polar surface area (TPSA) is 56.1 Å². The van der Waals surface area contributed by atoms with Gasteiger partial charge in [-0.1, -0.05) is 140 Å². The molecular weight excluding hydrogens is 669 g/mol. The van der Waals surface area contributed by atoms with Crippen LogP contribution in [0.3, 0.4) is 0 Å². The molecule has 8 nitrogen and oxygen atoms in total. The van der Waals surface area contributed by atoms with Gasteiger partial charge in [0, 0.05) is 22.3 Å². The summed E-state index contributed by atoms with van der Waals surface area (Å²) in [4.78, 5) is 0. The lowest BCUT2D eigenvalue weighted by Crippen LogP contribution is -2.36. The van der Waals surface area contributed by atoms with Gasteiger partial charge in [-0.2, -0.15) is 10.2 Å². The van der Waals surface area contributed by atoms with E-state index in [4.69, 9.17) is 19.7 Å². The van der Waals surface area contributed by atoms with Crippen LogP contribution in [0.25, 0.3) is 0 Å². The third-order valence-electron chi connectivity index (χ3n) is 9.19. The summed E-state index contributed by atoms with van der Waals surface area (Å²) in [7, 11) is 0. The lowest BCUT2D eigenvalue weighted by atomic mass is 10.1. The molecule has 0 fully saturated rings. The summed E-state index contributed by atoms with van der Waals surface area (Å²) in [5.41, 5.74) is 7.33. The Kier molecular flexibility index (Phi) is 8.89. The summed E-state index contributed by atoms with van der Waals surface area (Å²) in [6, 6.07) is 69.2. The zero-order valence-corrected chi connectivity index (χ0v) is 29.3. The van der Waals surface area contributed by atoms with Gasteiger partial charge >= 0.3 is 0 Å². The molecule has 7 aromatic rings. The third-order valence-corrected chi connectivity index (χ3v) is 9.19. The monoisotopic (exact) mass is 704 g/mol. The van der Waals surface area contributed by atoms with E-state index in [1.54, 1.807) is 0 Å². The highest BCUT2D eigenvalue weighted by molar-refractivity contribution is 6.00. The van der Waals surface area contributed by atoms with Crippen LogP contribution in [0.5, 0.6) is 0 Å². The molecule has 0 aromatic heterocycles. The molecule has 2 atom stereocenters. The van der Waals surface area contributed by atoms with Crippen LogP contribution in [-0.2, 0) is 9.47 Å². The van der Waals surface area contributed by atoms with E-state index < -0.39 is 12.5 Å². The maximum Gasteiger partial charge on any atom is 0.242 e. The van der Waals surface area contributed by atoms with Crippen molar-refractivity contribution in [3.8, 4) is 0 Å². The van der Waals surface area contributed by atoms with Gasteiger partial charge in [0.15, 0.2) is 0 Å². The summed E-state index contributed by atoms with van der Waals surface area (Å²) in [6.07, 6.45) is -1.07. The van der Waals surface area contributed by atoms with E-state index in [1.807, 2.05) is 144 Å². The Morgan fingerprint density at radius 2 is 0.648 bits per heavy atom. The second-order valence-corrected chi connectivity index (χ2v) is 12.8. The maximum absolute atomic E-state index is 6.79. The third kappa shape index (κ3) is 6.48.